The molecule has 0 atom stereocenters. The van der Waals surface area contributed by atoms with E-state index in [4.69, 9.17) is 27.4 Å². The van der Waals surface area contributed by atoms with Gasteiger partial charge in [-0.15, -0.1) is 0 Å². The number of carbonyl (C=O) groups is 1. The Kier molecular flexibility index (Phi) is 7.71. The summed E-state index contributed by atoms with van der Waals surface area (Å²) in [5.74, 6) is 0. The minimum Gasteiger partial charge on any atom is -0.391 e. The van der Waals surface area contributed by atoms with Crippen LogP contribution in [0.25, 0.3) is 0 Å². The molecule has 0 spiro atoms. The average molecular weight is 350 g/mol. The number of halogens is 2. The standard InChI is InChI=1S/C13H17Cl2N3O2S/c1-4-18(5-2)13(19)17-12(20-21-3)16-11-9(14)7-6-8-10(11)15/h6-8H,4-5H2,1-3H3,(H,16,17,19). The molecular weight excluding hydrogens is 333 g/mol. The number of rotatable bonds is 4. The van der Waals surface area contributed by atoms with Gasteiger partial charge in [0.2, 0.25) is 0 Å². The predicted octanol–water partition coefficient (Wildman–Crippen LogP) is 4.33. The number of nitrogens with zero attached hydrogens (tertiary/aromatic N) is 2. The second-order valence-corrected chi connectivity index (χ2v) is 5.15. The van der Waals surface area contributed by atoms with Crippen molar-refractivity contribution in [1.29, 1.82) is 0 Å². The van der Waals surface area contributed by atoms with Crippen LogP contribution in [-0.4, -0.2) is 36.3 Å². The van der Waals surface area contributed by atoms with Gasteiger partial charge in [-0.05, 0) is 26.0 Å². The number of carbonyl (C=O) groups excluding carboxylic acids is 1. The molecule has 5 nitrogen and oxygen atoms in total. The number of benzene rings is 1. The molecule has 1 rings (SSSR count). The van der Waals surface area contributed by atoms with Gasteiger partial charge in [-0.1, -0.05) is 29.3 Å². The summed E-state index contributed by atoms with van der Waals surface area (Å²) in [6.45, 7) is 4.95. The number of urea groups is 1. The molecule has 0 aliphatic carbocycles. The van der Waals surface area contributed by atoms with Gasteiger partial charge in [-0.25, -0.2) is 4.79 Å². The second-order valence-electron chi connectivity index (χ2n) is 3.84. The summed E-state index contributed by atoms with van der Waals surface area (Å²) in [6.07, 6.45) is 1.72. The van der Waals surface area contributed by atoms with Crippen molar-refractivity contribution in [3.63, 3.8) is 0 Å². The minimum absolute atomic E-state index is 0.0365. The average Bonchev–Trinajstić information content (AvgIpc) is 2.44. The molecule has 0 unspecified atom stereocenters. The molecule has 0 aromatic heterocycles. The third kappa shape index (κ3) is 5.30. The third-order valence-corrected chi connectivity index (χ3v) is 3.51. The van der Waals surface area contributed by atoms with Crippen molar-refractivity contribution in [2.45, 2.75) is 13.8 Å². The Morgan fingerprint density at radius 1 is 1.33 bits per heavy atom. The van der Waals surface area contributed by atoms with E-state index in [1.807, 2.05) is 13.8 Å². The van der Waals surface area contributed by atoms with E-state index < -0.39 is 0 Å². The number of hydrogen-bond donors (Lipinski definition) is 1. The monoisotopic (exact) mass is 349 g/mol. The van der Waals surface area contributed by atoms with Crippen molar-refractivity contribution >= 4 is 53.0 Å². The first-order valence-corrected chi connectivity index (χ1v) is 8.23. The van der Waals surface area contributed by atoms with Crippen molar-refractivity contribution in [2.24, 2.45) is 4.99 Å². The molecule has 0 radical (unpaired) electrons. The highest BCUT2D eigenvalue weighted by atomic mass is 35.5. The first kappa shape index (κ1) is 17.9. The highest BCUT2D eigenvalue weighted by Gasteiger charge is 2.14. The van der Waals surface area contributed by atoms with Gasteiger partial charge in [-0.3, -0.25) is 5.32 Å². The molecule has 0 heterocycles. The van der Waals surface area contributed by atoms with Gasteiger partial charge in [0.15, 0.2) is 0 Å². The van der Waals surface area contributed by atoms with Gasteiger partial charge in [0, 0.05) is 19.3 Å². The van der Waals surface area contributed by atoms with Crippen molar-refractivity contribution < 1.29 is 8.98 Å². The maximum atomic E-state index is 12.0. The zero-order valence-corrected chi connectivity index (χ0v) is 14.3. The second kappa shape index (κ2) is 9.02. The normalized spacial score (nSPS) is 11.2. The molecular formula is C13H17Cl2N3O2S. The third-order valence-electron chi connectivity index (χ3n) is 2.58. The van der Waals surface area contributed by atoms with Crippen LogP contribution in [0.4, 0.5) is 10.5 Å². The summed E-state index contributed by atoms with van der Waals surface area (Å²) in [5.41, 5.74) is 0.352. The van der Waals surface area contributed by atoms with Gasteiger partial charge in [0.05, 0.1) is 22.1 Å². The van der Waals surface area contributed by atoms with Crippen LogP contribution in [0, 0.1) is 0 Å². The summed E-state index contributed by atoms with van der Waals surface area (Å²) in [5, 5.41) is 3.35. The fourth-order valence-electron chi connectivity index (χ4n) is 1.53. The van der Waals surface area contributed by atoms with E-state index in [9.17, 15) is 4.79 Å². The van der Waals surface area contributed by atoms with Gasteiger partial charge in [-0.2, -0.15) is 4.99 Å². The Labute approximate surface area is 138 Å². The topological polar surface area (TPSA) is 53.9 Å². The molecule has 2 amide bonds. The molecule has 1 aromatic carbocycles. The molecule has 0 aliphatic heterocycles. The summed E-state index contributed by atoms with van der Waals surface area (Å²) >= 11 is 13.2. The first-order valence-electron chi connectivity index (χ1n) is 6.32. The largest absolute Gasteiger partial charge is 0.391 e. The highest BCUT2D eigenvalue weighted by molar-refractivity contribution is 7.94. The van der Waals surface area contributed by atoms with Crippen LogP contribution in [-0.2, 0) is 4.18 Å². The fraction of sp³-hybridized carbons (Fsp3) is 0.385. The summed E-state index contributed by atoms with van der Waals surface area (Å²) in [7, 11) is 0. The highest BCUT2D eigenvalue weighted by Crippen LogP contribution is 2.32. The lowest BCUT2D eigenvalue weighted by molar-refractivity contribution is 0.207. The number of para-hydroxylation sites is 1. The van der Waals surface area contributed by atoms with Crippen LogP contribution in [0.2, 0.25) is 10.0 Å². The number of amides is 2. The predicted molar refractivity (Wildman–Crippen MR) is 89.6 cm³/mol. The smallest absolute Gasteiger partial charge is 0.325 e. The minimum atomic E-state index is -0.295. The Balaban J connectivity index is 3.01. The number of hydrogen-bond acceptors (Lipinski definition) is 4. The summed E-state index contributed by atoms with van der Waals surface area (Å²) < 4.78 is 5.26. The maximum absolute atomic E-state index is 12.0. The Morgan fingerprint density at radius 2 is 1.90 bits per heavy atom. The molecule has 1 N–H and O–H groups in total. The molecule has 0 saturated heterocycles. The van der Waals surface area contributed by atoms with Gasteiger partial charge in [0.25, 0.3) is 0 Å². The lowest BCUT2D eigenvalue weighted by atomic mass is 10.3. The van der Waals surface area contributed by atoms with E-state index >= 15 is 0 Å². The van der Waals surface area contributed by atoms with Crippen LogP contribution in [0.1, 0.15) is 13.8 Å². The van der Waals surface area contributed by atoms with E-state index in [0.29, 0.717) is 28.8 Å². The Morgan fingerprint density at radius 3 is 2.38 bits per heavy atom. The SMILES string of the molecule is CCN(CC)C(=O)NC(=Nc1c(Cl)cccc1Cl)OSC. The van der Waals surface area contributed by atoms with Crippen LogP contribution in [0.5, 0.6) is 0 Å². The molecule has 0 saturated carbocycles. The van der Waals surface area contributed by atoms with E-state index in [0.717, 1.165) is 12.0 Å². The first-order chi connectivity index (χ1) is 10.0. The van der Waals surface area contributed by atoms with E-state index in [1.165, 1.54) is 0 Å². The Bertz CT molecular complexity index is 502. The lowest BCUT2D eigenvalue weighted by Gasteiger charge is -2.19. The Hall–Kier alpha value is -1.11. The maximum Gasteiger partial charge on any atom is 0.325 e. The van der Waals surface area contributed by atoms with E-state index in [1.54, 1.807) is 29.4 Å². The number of nitrogens with one attached hydrogen (secondary N) is 1. The molecule has 8 heteroatoms. The molecule has 0 bridgehead atoms. The summed E-state index contributed by atoms with van der Waals surface area (Å²) in [6, 6.07) is 4.78. The van der Waals surface area contributed by atoms with Crippen molar-refractivity contribution in [1.82, 2.24) is 10.2 Å². The lowest BCUT2D eigenvalue weighted by Crippen LogP contribution is -2.42. The number of amidine groups is 1. The van der Waals surface area contributed by atoms with Crippen LogP contribution in [0.3, 0.4) is 0 Å². The van der Waals surface area contributed by atoms with Crippen LogP contribution < -0.4 is 5.32 Å². The quantitative estimate of drug-likeness (QED) is 0.500. The van der Waals surface area contributed by atoms with E-state index in [2.05, 4.69) is 10.3 Å². The van der Waals surface area contributed by atoms with Crippen LogP contribution >= 0.6 is 35.2 Å². The van der Waals surface area contributed by atoms with Crippen molar-refractivity contribution in [3.05, 3.63) is 28.2 Å². The van der Waals surface area contributed by atoms with Gasteiger partial charge >= 0.3 is 12.1 Å². The van der Waals surface area contributed by atoms with Crippen molar-refractivity contribution in [3.8, 4) is 0 Å². The van der Waals surface area contributed by atoms with E-state index in [-0.39, 0.29) is 12.1 Å². The fourth-order valence-corrected chi connectivity index (χ4v) is 2.24. The molecule has 1 aromatic rings. The van der Waals surface area contributed by atoms with Gasteiger partial charge in [0.1, 0.15) is 5.69 Å². The molecule has 0 fully saturated rings. The zero-order chi connectivity index (χ0) is 15.8. The molecule has 116 valence electrons. The number of aliphatic imine (C=N–C) groups is 1. The van der Waals surface area contributed by atoms with Crippen LogP contribution in [0.15, 0.2) is 23.2 Å². The molecule has 21 heavy (non-hydrogen) atoms. The summed E-state index contributed by atoms with van der Waals surface area (Å²) in [4.78, 5) is 17.8. The van der Waals surface area contributed by atoms with Gasteiger partial charge < -0.3 is 9.08 Å². The zero-order valence-electron chi connectivity index (χ0n) is 12.0. The molecule has 0 aliphatic rings. The van der Waals surface area contributed by atoms with Crippen molar-refractivity contribution in [2.75, 3.05) is 19.3 Å².